The zero-order valence-electron chi connectivity index (χ0n) is 34.2. The van der Waals surface area contributed by atoms with Gasteiger partial charge in [0.2, 0.25) is 29.6 Å². The van der Waals surface area contributed by atoms with Crippen molar-refractivity contribution in [2.24, 2.45) is 5.92 Å². The highest BCUT2D eigenvalue weighted by molar-refractivity contribution is 6.33. The van der Waals surface area contributed by atoms with Crippen LogP contribution >= 0.6 is 11.6 Å². The number of halogens is 1. The number of imide groups is 1. The van der Waals surface area contributed by atoms with Crippen LogP contribution in [-0.4, -0.2) is 117 Å². The molecular weight excluding hydrogens is 792 g/mol. The van der Waals surface area contributed by atoms with Gasteiger partial charge in [-0.1, -0.05) is 72.3 Å². The van der Waals surface area contributed by atoms with Gasteiger partial charge >= 0.3 is 0 Å². The molecule has 316 valence electrons. The third-order valence-corrected chi connectivity index (χ3v) is 13.6. The Bertz CT molecular complexity index is 2320. The smallest absolute Gasteiger partial charge is 0.255 e. The highest BCUT2D eigenvalue weighted by Gasteiger charge is 2.40. The summed E-state index contributed by atoms with van der Waals surface area (Å²) >= 11 is 6.59. The van der Waals surface area contributed by atoms with E-state index < -0.39 is 11.9 Å². The fraction of sp³-hybridized carbons (Fsp3) is 0.426. The molecule has 6 heterocycles. The molecule has 5 amide bonds. The van der Waals surface area contributed by atoms with E-state index in [1.165, 1.54) is 0 Å². The Balaban J connectivity index is 0.702. The number of hydrogen-bond acceptors (Lipinski definition) is 9. The quantitative estimate of drug-likeness (QED) is 0.201. The molecule has 0 radical (unpaired) electrons. The Morgan fingerprint density at radius 1 is 0.770 bits per heavy atom. The Labute approximate surface area is 360 Å². The molecule has 0 saturated carbocycles. The molecule has 1 atom stereocenters. The first-order valence-corrected chi connectivity index (χ1v) is 22.1. The number of carbonyl (C=O) groups is 5. The second kappa shape index (κ2) is 17.7. The first kappa shape index (κ1) is 40.7. The summed E-state index contributed by atoms with van der Waals surface area (Å²) in [5, 5.41) is 6.35. The number of nitrogens with one attached hydrogen (secondary N) is 2. The molecule has 4 aromatic rings. The lowest BCUT2D eigenvalue weighted by molar-refractivity contribution is -0.139. The number of amides is 5. The minimum Gasteiger partial charge on any atom is -0.351 e. The van der Waals surface area contributed by atoms with E-state index >= 15 is 0 Å². The standard InChI is InChI=1S/C47H51ClN8O5/c48-39-27-49-47(52-43(39)35-8-4-7-33(25-35)30-5-2-1-3-6-30)50-37-17-23-55(24-18-37)45(60)32-13-19-53(20-14-32)29-42(58)54-21-15-31(16-22-54)34-9-10-38-36(26-34)28-56(46(38)61)40-11-12-41(57)51-44(40)59/h1-10,25-27,31-32,37,40H,11-24,28-29H2,(H,49,50,52)(H,51,57,59). The third kappa shape index (κ3) is 8.90. The molecule has 61 heavy (non-hydrogen) atoms. The van der Waals surface area contributed by atoms with Gasteiger partial charge in [-0.15, -0.1) is 0 Å². The van der Waals surface area contributed by atoms with Crippen molar-refractivity contribution in [1.82, 2.24) is 34.9 Å². The molecule has 4 fully saturated rings. The van der Waals surface area contributed by atoms with Crippen molar-refractivity contribution in [3.05, 3.63) is 101 Å². The monoisotopic (exact) mass is 842 g/mol. The summed E-state index contributed by atoms with van der Waals surface area (Å²) in [6, 6.07) is 23.9. The van der Waals surface area contributed by atoms with Crippen LogP contribution in [0.25, 0.3) is 22.4 Å². The van der Waals surface area contributed by atoms with Crippen LogP contribution in [0.2, 0.25) is 5.02 Å². The van der Waals surface area contributed by atoms with Gasteiger partial charge in [0.25, 0.3) is 5.91 Å². The van der Waals surface area contributed by atoms with E-state index in [-0.39, 0.29) is 47.9 Å². The number of rotatable bonds is 9. The molecular formula is C47H51ClN8O5. The van der Waals surface area contributed by atoms with Gasteiger partial charge < -0.3 is 20.0 Å². The summed E-state index contributed by atoms with van der Waals surface area (Å²) in [7, 11) is 0. The van der Waals surface area contributed by atoms with E-state index in [0.29, 0.717) is 67.9 Å². The van der Waals surface area contributed by atoms with Gasteiger partial charge in [-0.2, -0.15) is 0 Å². The van der Waals surface area contributed by atoms with Crippen molar-refractivity contribution < 1.29 is 24.0 Å². The normalized spacial score (nSPS) is 20.8. The van der Waals surface area contributed by atoms with Gasteiger partial charge in [-0.3, -0.25) is 34.2 Å². The maximum absolute atomic E-state index is 13.6. The minimum absolute atomic E-state index is 0.0286. The van der Waals surface area contributed by atoms with Crippen LogP contribution in [0, 0.1) is 5.92 Å². The van der Waals surface area contributed by atoms with Crippen LogP contribution in [0.3, 0.4) is 0 Å². The minimum atomic E-state index is -0.628. The van der Waals surface area contributed by atoms with Crippen LogP contribution in [-0.2, 0) is 25.7 Å². The first-order valence-electron chi connectivity index (χ1n) is 21.7. The average Bonchev–Trinajstić information content (AvgIpc) is 3.62. The molecule has 1 unspecified atom stereocenters. The van der Waals surface area contributed by atoms with Crippen molar-refractivity contribution in [1.29, 1.82) is 0 Å². The lowest BCUT2D eigenvalue weighted by Crippen LogP contribution is -2.52. The third-order valence-electron chi connectivity index (χ3n) is 13.3. The molecule has 1 aromatic heterocycles. The number of nitrogens with zero attached hydrogens (tertiary/aromatic N) is 6. The summed E-state index contributed by atoms with van der Waals surface area (Å²) in [5.74, 6) is 0.264. The number of carbonyl (C=O) groups excluding carboxylic acids is 5. The van der Waals surface area contributed by atoms with Crippen LogP contribution in [0.4, 0.5) is 5.95 Å². The van der Waals surface area contributed by atoms with Crippen LogP contribution in [0.15, 0.2) is 79.0 Å². The van der Waals surface area contributed by atoms with Crippen molar-refractivity contribution >= 4 is 47.1 Å². The second-order valence-electron chi connectivity index (χ2n) is 17.1. The Morgan fingerprint density at radius 3 is 2.25 bits per heavy atom. The number of likely N-dealkylation sites (tertiary alicyclic amines) is 3. The van der Waals surface area contributed by atoms with Gasteiger partial charge in [-0.05, 0) is 98.3 Å². The summed E-state index contributed by atoms with van der Waals surface area (Å²) in [6.07, 6.45) is 7.01. The zero-order chi connectivity index (χ0) is 42.0. The van der Waals surface area contributed by atoms with Gasteiger partial charge in [0.05, 0.1) is 23.5 Å². The van der Waals surface area contributed by atoms with Crippen molar-refractivity contribution in [3.63, 3.8) is 0 Å². The van der Waals surface area contributed by atoms with Gasteiger partial charge in [0.15, 0.2) is 0 Å². The largest absolute Gasteiger partial charge is 0.351 e. The lowest BCUT2D eigenvalue weighted by Gasteiger charge is -2.38. The maximum atomic E-state index is 13.6. The number of fused-ring (bicyclic) bond motifs is 1. The average molecular weight is 843 g/mol. The molecule has 13 nitrogen and oxygen atoms in total. The number of aromatic nitrogens is 2. The highest BCUT2D eigenvalue weighted by atomic mass is 35.5. The maximum Gasteiger partial charge on any atom is 0.255 e. The van der Waals surface area contributed by atoms with E-state index in [9.17, 15) is 24.0 Å². The van der Waals surface area contributed by atoms with E-state index in [1.807, 2.05) is 52.3 Å². The predicted octanol–water partition coefficient (Wildman–Crippen LogP) is 5.75. The molecule has 5 aliphatic heterocycles. The SMILES string of the molecule is O=C1CCC(N2Cc3cc(C4CCN(C(=O)CN5CCC(C(=O)N6CCC(Nc7ncc(Cl)c(-c8cccc(-c9ccccc9)c8)n7)CC6)CC5)CC4)ccc3C2=O)C(=O)N1. The summed E-state index contributed by atoms with van der Waals surface area (Å²) in [6.45, 7) is 4.89. The van der Waals surface area contributed by atoms with Crippen LogP contribution in [0.5, 0.6) is 0 Å². The Morgan fingerprint density at radius 2 is 1.49 bits per heavy atom. The number of benzene rings is 3. The molecule has 9 rings (SSSR count). The molecule has 0 spiro atoms. The van der Waals surface area contributed by atoms with Crippen molar-refractivity contribution in [2.45, 2.75) is 75.9 Å². The number of hydrogen-bond donors (Lipinski definition) is 2. The van der Waals surface area contributed by atoms with Crippen molar-refractivity contribution in [2.75, 3.05) is 51.1 Å². The topological polar surface area (TPSA) is 148 Å². The van der Waals surface area contributed by atoms with E-state index in [4.69, 9.17) is 16.6 Å². The molecule has 5 aliphatic rings. The second-order valence-corrected chi connectivity index (χ2v) is 17.5. The Kier molecular flexibility index (Phi) is 11.8. The summed E-state index contributed by atoms with van der Waals surface area (Å²) < 4.78 is 0. The van der Waals surface area contributed by atoms with Crippen LogP contribution < -0.4 is 10.6 Å². The first-order chi connectivity index (χ1) is 29.7. The lowest BCUT2D eigenvalue weighted by atomic mass is 9.88. The molecule has 14 heteroatoms. The fourth-order valence-electron chi connectivity index (χ4n) is 9.74. The van der Waals surface area contributed by atoms with Gasteiger partial charge in [0, 0.05) is 62.2 Å². The zero-order valence-corrected chi connectivity index (χ0v) is 35.0. The number of anilines is 1. The van der Waals surface area contributed by atoms with Crippen LogP contribution in [0.1, 0.15) is 78.8 Å². The molecule has 0 bridgehead atoms. The molecule has 2 N–H and O–H groups in total. The molecule has 3 aromatic carbocycles. The van der Waals surface area contributed by atoms with Gasteiger partial charge in [-0.25, -0.2) is 9.97 Å². The van der Waals surface area contributed by atoms with E-state index in [1.54, 1.807) is 11.1 Å². The summed E-state index contributed by atoms with van der Waals surface area (Å²) in [4.78, 5) is 81.3. The fourth-order valence-corrected chi connectivity index (χ4v) is 9.94. The van der Waals surface area contributed by atoms with E-state index in [2.05, 4.69) is 50.8 Å². The Hall–Kier alpha value is -5.66. The number of piperidine rings is 4. The van der Waals surface area contributed by atoms with Gasteiger partial charge in [0.1, 0.15) is 6.04 Å². The highest BCUT2D eigenvalue weighted by Crippen LogP contribution is 2.35. The molecule has 0 aliphatic carbocycles. The van der Waals surface area contributed by atoms with E-state index in [0.717, 1.165) is 79.4 Å². The predicted molar refractivity (Wildman–Crippen MR) is 231 cm³/mol. The molecule has 4 saturated heterocycles. The van der Waals surface area contributed by atoms with Crippen molar-refractivity contribution in [3.8, 4) is 22.4 Å². The summed E-state index contributed by atoms with van der Waals surface area (Å²) in [5.41, 5.74) is 6.49.